The van der Waals surface area contributed by atoms with Crippen LogP contribution in [0.15, 0.2) is 48.5 Å². The van der Waals surface area contributed by atoms with Crippen LogP contribution in [0.5, 0.6) is 11.5 Å². The zero-order chi connectivity index (χ0) is 20.2. The summed E-state index contributed by atoms with van der Waals surface area (Å²) in [5.74, 6) is -0.214. The number of hydrogen-bond acceptors (Lipinski definition) is 7. The molecule has 0 aromatic heterocycles. The molecule has 10 nitrogen and oxygen atoms in total. The molecule has 4 N–H and O–H groups in total. The lowest BCUT2D eigenvalue weighted by Gasteiger charge is -2.21. The average Bonchev–Trinajstić information content (AvgIpc) is 2.52. The van der Waals surface area contributed by atoms with Crippen LogP contribution >= 0.6 is 0 Å². The van der Waals surface area contributed by atoms with Crippen LogP contribution in [0, 0.1) is 0 Å². The molecule has 0 heterocycles. The van der Waals surface area contributed by atoms with Gasteiger partial charge in [-0.2, -0.15) is 27.1 Å². The van der Waals surface area contributed by atoms with Gasteiger partial charge in [0.25, 0.3) is 0 Å². The van der Waals surface area contributed by atoms with Crippen LogP contribution in [-0.2, 0) is 31.9 Å². The monoisotopic (exact) mass is 415 g/mol. The lowest BCUT2D eigenvalue weighted by atomic mass is 10.2. The van der Waals surface area contributed by atoms with Crippen molar-refractivity contribution in [3.8, 4) is 11.5 Å². The minimum absolute atomic E-state index is 0.00856. The molecule has 2 rings (SSSR count). The molecule has 27 heavy (non-hydrogen) atoms. The number of benzene rings is 2. The SMILES string of the molecule is CC(=O)N(Cc1ccc(OS(N)(=O)=O)cc1)c1ccc(OS(N)(=O)=O)cc1. The molecule has 0 saturated carbocycles. The molecule has 0 aliphatic rings. The van der Waals surface area contributed by atoms with Crippen LogP contribution in [0.1, 0.15) is 12.5 Å². The Balaban J connectivity index is 2.17. The summed E-state index contributed by atoms with van der Waals surface area (Å²) < 4.78 is 52.7. The Labute approximate surface area is 156 Å². The van der Waals surface area contributed by atoms with E-state index in [1.165, 1.54) is 48.2 Å². The lowest BCUT2D eigenvalue weighted by molar-refractivity contribution is -0.116. The van der Waals surface area contributed by atoms with E-state index in [9.17, 15) is 21.6 Å². The van der Waals surface area contributed by atoms with Crippen molar-refractivity contribution in [2.75, 3.05) is 4.90 Å². The molecule has 0 spiro atoms. The first kappa shape index (κ1) is 20.6. The zero-order valence-electron chi connectivity index (χ0n) is 14.1. The van der Waals surface area contributed by atoms with Gasteiger partial charge in [0.2, 0.25) is 5.91 Å². The molecule has 12 heteroatoms. The largest absolute Gasteiger partial charge is 0.380 e. The Morgan fingerprint density at radius 3 is 1.63 bits per heavy atom. The number of nitrogens with two attached hydrogens (primary N) is 2. The first-order valence-corrected chi connectivity index (χ1v) is 10.3. The molecule has 0 atom stereocenters. The Kier molecular flexibility index (Phi) is 6.05. The smallest absolute Gasteiger partial charge is 0.371 e. The van der Waals surface area contributed by atoms with Gasteiger partial charge in [0, 0.05) is 12.6 Å². The third-order valence-electron chi connectivity index (χ3n) is 3.22. The molecule has 0 saturated heterocycles. The third kappa shape index (κ3) is 6.86. The van der Waals surface area contributed by atoms with Crippen LogP contribution in [0.2, 0.25) is 0 Å². The minimum atomic E-state index is -4.14. The summed E-state index contributed by atoms with van der Waals surface area (Å²) in [6.45, 7) is 1.55. The van der Waals surface area contributed by atoms with E-state index >= 15 is 0 Å². The number of hydrogen-bond donors (Lipinski definition) is 2. The Bertz CT molecular complexity index is 1020. The second-order valence-electron chi connectivity index (χ2n) is 5.40. The topological polar surface area (TPSA) is 159 Å². The Hall–Kier alpha value is -2.67. The maximum atomic E-state index is 12.0. The molecule has 0 unspecified atom stereocenters. The Morgan fingerprint density at radius 2 is 1.26 bits per heavy atom. The Morgan fingerprint density at radius 1 is 0.852 bits per heavy atom. The van der Waals surface area contributed by atoms with Crippen molar-refractivity contribution >= 4 is 32.2 Å². The van der Waals surface area contributed by atoms with E-state index in [-0.39, 0.29) is 24.0 Å². The first-order chi connectivity index (χ1) is 12.4. The van der Waals surface area contributed by atoms with Crippen molar-refractivity contribution in [3.63, 3.8) is 0 Å². The summed E-state index contributed by atoms with van der Waals surface area (Å²) >= 11 is 0. The van der Waals surface area contributed by atoms with E-state index in [1.54, 1.807) is 12.1 Å². The molecular weight excluding hydrogens is 398 g/mol. The summed E-state index contributed by atoms with van der Waals surface area (Å²) in [6.07, 6.45) is 0. The molecular formula is C15H17N3O7S2. The van der Waals surface area contributed by atoms with Crippen LogP contribution in [0.25, 0.3) is 0 Å². The van der Waals surface area contributed by atoms with Gasteiger partial charge < -0.3 is 13.3 Å². The van der Waals surface area contributed by atoms with Crippen LogP contribution in [-0.4, -0.2) is 22.7 Å². The fourth-order valence-electron chi connectivity index (χ4n) is 2.17. The van der Waals surface area contributed by atoms with Gasteiger partial charge in [0.1, 0.15) is 11.5 Å². The van der Waals surface area contributed by atoms with Gasteiger partial charge in [-0.3, -0.25) is 4.79 Å². The summed E-state index contributed by atoms with van der Waals surface area (Å²) in [5, 5.41) is 9.59. The lowest BCUT2D eigenvalue weighted by Crippen LogP contribution is -2.27. The number of nitrogens with zero attached hydrogens (tertiary/aromatic N) is 1. The first-order valence-electron chi connectivity index (χ1n) is 7.34. The van der Waals surface area contributed by atoms with Crippen molar-refractivity contribution in [1.29, 1.82) is 0 Å². The van der Waals surface area contributed by atoms with Gasteiger partial charge in [0.15, 0.2) is 0 Å². The molecule has 146 valence electrons. The van der Waals surface area contributed by atoms with E-state index in [2.05, 4.69) is 8.37 Å². The fourth-order valence-corrected chi connectivity index (χ4v) is 2.93. The summed E-state index contributed by atoms with van der Waals surface area (Å²) in [5.41, 5.74) is 1.19. The van der Waals surface area contributed by atoms with Crippen LogP contribution in [0.4, 0.5) is 5.69 Å². The maximum absolute atomic E-state index is 12.0. The predicted molar refractivity (Wildman–Crippen MR) is 97.2 cm³/mol. The normalized spacial score (nSPS) is 11.7. The summed E-state index contributed by atoms with van der Waals surface area (Å²) in [7, 11) is -8.25. The van der Waals surface area contributed by atoms with E-state index in [1.807, 2.05) is 0 Å². The molecule has 0 radical (unpaired) electrons. The fraction of sp³-hybridized carbons (Fsp3) is 0.133. The average molecular weight is 415 g/mol. The summed E-state index contributed by atoms with van der Waals surface area (Å²) in [4.78, 5) is 13.4. The molecule has 1 amide bonds. The molecule has 2 aromatic carbocycles. The maximum Gasteiger partial charge on any atom is 0.380 e. The highest BCUT2D eigenvalue weighted by molar-refractivity contribution is 7.85. The standard InChI is InChI=1S/C15H17N3O7S2/c1-11(19)18(13-4-8-15(9-5-13)25-27(17,22)23)10-12-2-6-14(7-3-12)24-26(16,20)21/h2-9H,10H2,1H3,(H2,16,20,21)(H2,17,22,23). The number of anilines is 1. The van der Waals surface area contributed by atoms with E-state index < -0.39 is 20.6 Å². The third-order valence-corrected chi connectivity index (χ3v) is 4.07. The summed E-state index contributed by atoms with van der Waals surface area (Å²) in [6, 6.07) is 11.7. The van der Waals surface area contributed by atoms with Gasteiger partial charge in [-0.05, 0) is 42.0 Å². The number of rotatable bonds is 7. The molecule has 0 fully saturated rings. The molecule has 0 bridgehead atoms. The second kappa shape index (κ2) is 7.92. The molecule has 0 aliphatic carbocycles. The number of amides is 1. The van der Waals surface area contributed by atoms with Crippen LogP contribution in [0.3, 0.4) is 0 Å². The van der Waals surface area contributed by atoms with Crippen molar-refractivity contribution in [2.45, 2.75) is 13.5 Å². The van der Waals surface area contributed by atoms with E-state index in [0.29, 0.717) is 11.3 Å². The van der Waals surface area contributed by atoms with Gasteiger partial charge in [-0.15, -0.1) is 0 Å². The zero-order valence-corrected chi connectivity index (χ0v) is 15.7. The number of carbonyl (C=O) groups is 1. The highest BCUT2D eigenvalue weighted by atomic mass is 32.2. The number of carbonyl (C=O) groups excluding carboxylic acids is 1. The van der Waals surface area contributed by atoms with Gasteiger partial charge in [-0.25, -0.2) is 0 Å². The minimum Gasteiger partial charge on any atom is -0.371 e. The highest BCUT2D eigenvalue weighted by Gasteiger charge is 2.14. The van der Waals surface area contributed by atoms with Crippen molar-refractivity contribution < 1.29 is 30.0 Å². The predicted octanol–water partition coefficient (Wildman–Crippen LogP) is 0.404. The quantitative estimate of drug-likeness (QED) is 0.662. The van der Waals surface area contributed by atoms with Crippen molar-refractivity contribution in [1.82, 2.24) is 0 Å². The van der Waals surface area contributed by atoms with Gasteiger partial charge in [-0.1, -0.05) is 12.1 Å². The van der Waals surface area contributed by atoms with Gasteiger partial charge >= 0.3 is 20.6 Å². The van der Waals surface area contributed by atoms with E-state index in [4.69, 9.17) is 10.3 Å². The van der Waals surface area contributed by atoms with Crippen molar-refractivity contribution in [3.05, 3.63) is 54.1 Å². The van der Waals surface area contributed by atoms with Gasteiger partial charge in [0.05, 0.1) is 6.54 Å². The second-order valence-corrected chi connectivity index (χ2v) is 7.70. The van der Waals surface area contributed by atoms with Crippen LogP contribution < -0.4 is 23.5 Å². The highest BCUT2D eigenvalue weighted by Crippen LogP contribution is 2.23. The molecule has 0 aliphatic heterocycles. The molecule has 2 aromatic rings. The van der Waals surface area contributed by atoms with Crippen molar-refractivity contribution in [2.24, 2.45) is 10.3 Å². The van der Waals surface area contributed by atoms with E-state index in [0.717, 1.165) is 0 Å².